The smallest absolute Gasteiger partial charge is 0.259 e. The first kappa shape index (κ1) is 18.6. The molecule has 7 heteroatoms. The van der Waals surface area contributed by atoms with E-state index in [1.807, 2.05) is 35.5 Å². The van der Waals surface area contributed by atoms with Crippen LogP contribution in [-0.4, -0.2) is 54.9 Å². The third-order valence-electron chi connectivity index (χ3n) is 5.48. The van der Waals surface area contributed by atoms with Crippen LogP contribution in [0.1, 0.15) is 54.3 Å². The van der Waals surface area contributed by atoms with Gasteiger partial charge < -0.3 is 4.90 Å². The van der Waals surface area contributed by atoms with Crippen molar-refractivity contribution in [1.29, 1.82) is 0 Å². The Labute approximate surface area is 165 Å². The standard InChI is InChI=1S/C21H26N6O/c1-3-25(4-2)14-16-12-23-20-17(13-24-27(20)15-16)21(28)26-11-7-9-19(26)18-8-5-6-10-22-18/h5-6,8,10,12-13,15,19H,3-4,7,9,11,14H2,1-2H3. The molecule has 0 bridgehead atoms. The summed E-state index contributed by atoms with van der Waals surface area (Å²) in [6.45, 7) is 7.83. The molecular weight excluding hydrogens is 352 g/mol. The normalized spacial score (nSPS) is 17.0. The molecule has 3 aromatic heterocycles. The van der Waals surface area contributed by atoms with Gasteiger partial charge in [0.25, 0.3) is 5.91 Å². The summed E-state index contributed by atoms with van der Waals surface area (Å²) in [5.41, 5.74) is 3.20. The number of fused-ring (bicyclic) bond motifs is 1. The molecule has 0 N–H and O–H groups in total. The van der Waals surface area contributed by atoms with Crippen molar-refractivity contribution >= 4 is 11.6 Å². The summed E-state index contributed by atoms with van der Waals surface area (Å²) < 4.78 is 1.72. The van der Waals surface area contributed by atoms with Gasteiger partial charge in [0.1, 0.15) is 5.56 Å². The van der Waals surface area contributed by atoms with E-state index >= 15 is 0 Å². The van der Waals surface area contributed by atoms with E-state index in [-0.39, 0.29) is 11.9 Å². The molecule has 146 valence electrons. The van der Waals surface area contributed by atoms with Crippen LogP contribution in [0, 0.1) is 0 Å². The van der Waals surface area contributed by atoms with Crippen LogP contribution < -0.4 is 0 Å². The third kappa shape index (κ3) is 3.49. The molecule has 0 saturated carbocycles. The van der Waals surface area contributed by atoms with Crippen LogP contribution in [0.4, 0.5) is 0 Å². The van der Waals surface area contributed by atoms with Gasteiger partial charge in [0.2, 0.25) is 0 Å². The van der Waals surface area contributed by atoms with Crippen molar-refractivity contribution in [3.05, 3.63) is 59.8 Å². The van der Waals surface area contributed by atoms with E-state index in [9.17, 15) is 4.79 Å². The van der Waals surface area contributed by atoms with E-state index in [4.69, 9.17) is 0 Å². The SMILES string of the molecule is CCN(CC)Cc1cnc2c(C(=O)N3CCCC3c3ccccn3)cnn2c1. The van der Waals surface area contributed by atoms with E-state index in [0.717, 1.165) is 50.3 Å². The zero-order valence-electron chi connectivity index (χ0n) is 16.5. The van der Waals surface area contributed by atoms with Gasteiger partial charge >= 0.3 is 0 Å². The first-order valence-corrected chi connectivity index (χ1v) is 9.97. The summed E-state index contributed by atoms with van der Waals surface area (Å²) in [7, 11) is 0. The van der Waals surface area contributed by atoms with Gasteiger partial charge in [0.15, 0.2) is 5.65 Å². The van der Waals surface area contributed by atoms with Crippen molar-refractivity contribution in [3.8, 4) is 0 Å². The summed E-state index contributed by atoms with van der Waals surface area (Å²) in [6, 6.07) is 5.88. The molecule has 1 amide bonds. The third-order valence-corrected chi connectivity index (χ3v) is 5.48. The lowest BCUT2D eigenvalue weighted by molar-refractivity contribution is 0.0734. The summed E-state index contributed by atoms with van der Waals surface area (Å²) >= 11 is 0. The Kier molecular flexibility index (Phi) is 5.34. The Morgan fingerprint density at radius 1 is 1.21 bits per heavy atom. The van der Waals surface area contributed by atoms with Gasteiger partial charge in [-0.15, -0.1) is 0 Å². The zero-order valence-corrected chi connectivity index (χ0v) is 16.5. The predicted molar refractivity (Wildman–Crippen MR) is 107 cm³/mol. The van der Waals surface area contributed by atoms with Crippen molar-refractivity contribution in [1.82, 2.24) is 29.4 Å². The number of hydrogen-bond acceptors (Lipinski definition) is 5. The minimum Gasteiger partial charge on any atom is -0.330 e. The maximum Gasteiger partial charge on any atom is 0.259 e. The van der Waals surface area contributed by atoms with E-state index < -0.39 is 0 Å². The molecular formula is C21H26N6O. The molecule has 1 fully saturated rings. The molecule has 0 spiro atoms. The van der Waals surface area contributed by atoms with Crippen molar-refractivity contribution in [2.24, 2.45) is 0 Å². The van der Waals surface area contributed by atoms with Gasteiger partial charge in [-0.1, -0.05) is 19.9 Å². The fourth-order valence-electron chi connectivity index (χ4n) is 3.90. The highest BCUT2D eigenvalue weighted by atomic mass is 16.2. The molecule has 0 aromatic carbocycles. The largest absolute Gasteiger partial charge is 0.330 e. The molecule has 1 saturated heterocycles. The molecule has 1 atom stereocenters. The average Bonchev–Trinajstić information content (AvgIpc) is 3.39. The van der Waals surface area contributed by atoms with Crippen LogP contribution >= 0.6 is 0 Å². The van der Waals surface area contributed by atoms with Crippen molar-refractivity contribution in [2.45, 2.75) is 39.3 Å². The van der Waals surface area contributed by atoms with Gasteiger partial charge in [0, 0.05) is 37.2 Å². The molecule has 4 heterocycles. The summed E-state index contributed by atoms with van der Waals surface area (Å²) in [5.74, 6) is -0.0212. The highest BCUT2D eigenvalue weighted by molar-refractivity contribution is 6.00. The fraction of sp³-hybridized carbons (Fsp3) is 0.429. The second kappa shape index (κ2) is 8.06. The number of likely N-dealkylation sites (tertiary alicyclic amines) is 1. The molecule has 1 aliphatic heterocycles. The number of carbonyl (C=O) groups is 1. The molecule has 28 heavy (non-hydrogen) atoms. The topological polar surface area (TPSA) is 66.6 Å². The van der Waals surface area contributed by atoms with Gasteiger partial charge in [-0.25, -0.2) is 9.50 Å². The van der Waals surface area contributed by atoms with Crippen LogP contribution in [0.25, 0.3) is 5.65 Å². The van der Waals surface area contributed by atoms with Gasteiger partial charge in [-0.3, -0.25) is 14.7 Å². The number of amides is 1. The second-order valence-corrected chi connectivity index (χ2v) is 7.16. The van der Waals surface area contributed by atoms with Gasteiger partial charge in [0.05, 0.1) is 17.9 Å². The predicted octanol–water partition coefficient (Wildman–Crippen LogP) is 2.94. The number of carbonyl (C=O) groups excluding carboxylic acids is 1. The molecule has 4 rings (SSSR count). The van der Waals surface area contributed by atoms with Gasteiger partial charge in [-0.05, 0) is 38.1 Å². The van der Waals surface area contributed by atoms with E-state index in [1.54, 1.807) is 16.9 Å². The Hall–Kier alpha value is -2.80. The summed E-state index contributed by atoms with van der Waals surface area (Å²) in [6.07, 6.45) is 9.16. The molecule has 0 radical (unpaired) electrons. The first-order chi connectivity index (χ1) is 13.7. The van der Waals surface area contributed by atoms with Crippen molar-refractivity contribution in [3.63, 3.8) is 0 Å². The van der Waals surface area contributed by atoms with E-state index in [0.29, 0.717) is 11.2 Å². The summed E-state index contributed by atoms with van der Waals surface area (Å²) in [4.78, 5) is 26.5. The van der Waals surface area contributed by atoms with Crippen LogP contribution in [0.15, 0.2) is 43.0 Å². The molecule has 7 nitrogen and oxygen atoms in total. The van der Waals surface area contributed by atoms with E-state index in [2.05, 4.69) is 33.8 Å². The Bertz CT molecular complexity index is 950. The maximum atomic E-state index is 13.3. The Morgan fingerprint density at radius 2 is 2.07 bits per heavy atom. The zero-order chi connectivity index (χ0) is 19.5. The number of pyridine rings is 1. The summed E-state index contributed by atoms with van der Waals surface area (Å²) in [5, 5.41) is 4.40. The lowest BCUT2D eigenvalue weighted by atomic mass is 10.1. The van der Waals surface area contributed by atoms with Gasteiger partial charge in [-0.2, -0.15) is 5.10 Å². The minimum atomic E-state index is -0.0212. The average molecular weight is 378 g/mol. The number of aromatic nitrogens is 4. The number of nitrogens with zero attached hydrogens (tertiary/aromatic N) is 6. The first-order valence-electron chi connectivity index (χ1n) is 9.97. The van der Waals surface area contributed by atoms with Crippen LogP contribution in [0.3, 0.4) is 0 Å². The van der Waals surface area contributed by atoms with Crippen molar-refractivity contribution < 1.29 is 4.79 Å². The van der Waals surface area contributed by atoms with Crippen LogP contribution in [0.5, 0.6) is 0 Å². The fourth-order valence-corrected chi connectivity index (χ4v) is 3.90. The van der Waals surface area contributed by atoms with Crippen LogP contribution in [-0.2, 0) is 6.54 Å². The van der Waals surface area contributed by atoms with E-state index in [1.165, 1.54) is 0 Å². The second-order valence-electron chi connectivity index (χ2n) is 7.16. The molecule has 1 unspecified atom stereocenters. The highest BCUT2D eigenvalue weighted by Gasteiger charge is 2.33. The number of hydrogen-bond donors (Lipinski definition) is 0. The highest BCUT2D eigenvalue weighted by Crippen LogP contribution is 2.32. The van der Waals surface area contributed by atoms with Crippen molar-refractivity contribution in [2.75, 3.05) is 19.6 Å². The molecule has 1 aliphatic rings. The Balaban J connectivity index is 1.59. The monoisotopic (exact) mass is 378 g/mol. The molecule has 3 aromatic rings. The number of rotatable bonds is 6. The Morgan fingerprint density at radius 3 is 2.82 bits per heavy atom. The van der Waals surface area contributed by atoms with Crippen LogP contribution in [0.2, 0.25) is 0 Å². The lowest BCUT2D eigenvalue weighted by Crippen LogP contribution is -2.31. The molecule has 0 aliphatic carbocycles. The quantitative estimate of drug-likeness (QED) is 0.660. The minimum absolute atomic E-state index is 0.0191. The lowest BCUT2D eigenvalue weighted by Gasteiger charge is -2.23. The maximum absolute atomic E-state index is 13.3.